The number of amides is 1. The number of hydrogen-bond acceptors (Lipinski definition) is 3. The van der Waals surface area contributed by atoms with Crippen LogP contribution in [0.4, 0.5) is 4.39 Å². The van der Waals surface area contributed by atoms with Crippen LogP contribution >= 0.6 is 0 Å². The minimum atomic E-state index is -3.27. The molecule has 0 radical (unpaired) electrons. The van der Waals surface area contributed by atoms with Gasteiger partial charge in [-0.15, -0.1) is 0 Å². The maximum absolute atomic E-state index is 13.9. The molecule has 1 amide bonds. The van der Waals surface area contributed by atoms with Gasteiger partial charge in [-0.25, -0.2) is 17.5 Å². The lowest BCUT2D eigenvalue weighted by Gasteiger charge is -2.36. The van der Waals surface area contributed by atoms with Crippen molar-refractivity contribution in [1.82, 2.24) is 9.62 Å². The SMILES string of the molecule is CS(=O)(=O)NC[C@@H]1CCCCN1C(=O)[C@H]1C[C@@H]1c1ccccc1F. The quantitative estimate of drug-likeness (QED) is 0.878. The molecule has 1 aliphatic carbocycles. The number of sulfonamides is 1. The van der Waals surface area contributed by atoms with Gasteiger partial charge in [0.2, 0.25) is 15.9 Å². The number of nitrogens with one attached hydrogen (secondary N) is 1. The number of likely N-dealkylation sites (tertiary alicyclic amines) is 1. The molecule has 0 bridgehead atoms. The normalized spacial score (nSPS) is 27.1. The Morgan fingerprint density at radius 1 is 1.33 bits per heavy atom. The lowest BCUT2D eigenvalue weighted by molar-refractivity contribution is -0.136. The molecule has 7 heteroatoms. The van der Waals surface area contributed by atoms with Crippen molar-refractivity contribution in [2.45, 2.75) is 37.6 Å². The van der Waals surface area contributed by atoms with E-state index in [4.69, 9.17) is 0 Å². The summed E-state index contributed by atoms with van der Waals surface area (Å²) >= 11 is 0. The van der Waals surface area contributed by atoms with Crippen LogP contribution in [-0.2, 0) is 14.8 Å². The summed E-state index contributed by atoms with van der Waals surface area (Å²) in [6.45, 7) is 0.900. The standard InChI is InChI=1S/C17H23FN2O3S/c1-24(22,23)19-11-12-6-4-5-9-20(12)17(21)15-10-14(15)13-7-2-3-8-16(13)18/h2-3,7-8,12,14-15,19H,4-6,9-11H2,1H3/t12-,14+,15-/m0/s1. The molecule has 0 aromatic heterocycles. The number of hydrogen-bond donors (Lipinski definition) is 1. The van der Waals surface area contributed by atoms with Crippen molar-refractivity contribution in [1.29, 1.82) is 0 Å². The molecular formula is C17H23FN2O3S. The first-order valence-electron chi connectivity index (χ1n) is 8.36. The highest BCUT2D eigenvalue weighted by atomic mass is 32.2. The zero-order valence-corrected chi connectivity index (χ0v) is 14.6. The lowest BCUT2D eigenvalue weighted by atomic mass is 10.0. The van der Waals surface area contributed by atoms with E-state index in [0.717, 1.165) is 25.5 Å². The molecule has 1 aromatic rings. The van der Waals surface area contributed by atoms with Crippen LogP contribution in [0.25, 0.3) is 0 Å². The molecule has 1 saturated heterocycles. The smallest absolute Gasteiger partial charge is 0.226 e. The van der Waals surface area contributed by atoms with Crippen LogP contribution in [0, 0.1) is 11.7 Å². The van der Waals surface area contributed by atoms with Crippen molar-refractivity contribution in [2.24, 2.45) is 5.92 Å². The van der Waals surface area contributed by atoms with Crippen LogP contribution in [0.1, 0.15) is 37.2 Å². The maximum Gasteiger partial charge on any atom is 0.226 e. The van der Waals surface area contributed by atoms with Gasteiger partial charge in [-0.2, -0.15) is 0 Å². The molecule has 2 aliphatic rings. The molecule has 0 unspecified atom stereocenters. The summed E-state index contributed by atoms with van der Waals surface area (Å²) in [5, 5.41) is 0. The molecule has 1 saturated carbocycles. The Balaban J connectivity index is 1.66. The van der Waals surface area contributed by atoms with Gasteiger partial charge in [0, 0.05) is 25.0 Å². The van der Waals surface area contributed by atoms with E-state index in [1.165, 1.54) is 6.07 Å². The molecule has 1 heterocycles. The second kappa shape index (κ2) is 6.80. The first-order valence-corrected chi connectivity index (χ1v) is 10.3. The molecule has 0 spiro atoms. The van der Waals surface area contributed by atoms with Crippen molar-refractivity contribution < 1.29 is 17.6 Å². The van der Waals surface area contributed by atoms with Gasteiger partial charge in [0.25, 0.3) is 0 Å². The molecule has 5 nitrogen and oxygen atoms in total. The topological polar surface area (TPSA) is 66.5 Å². The summed E-state index contributed by atoms with van der Waals surface area (Å²) in [6.07, 6.45) is 4.50. The fraction of sp³-hybridized carbons (Fsp3) is 0.588. The van der Waals surface area contributed by atoms with Gasteiger partial charge < -0.3 is 4.90 Å². The van der Waals surface area contributed by atoms with Gasteiger partial charge in [-0.1, -0.05) is 18.2 Å². The van der Waals surface area contributed by atoms with Crippen LogP contribution in [0.2, 0.25) is 0 Å². The summed E-state index contributed by atoms with van der Waals surface area (Å²) in [6, 6.07) is 6.50. The number of carbonyl (C=O) groups excluding carboxylic acids is 1. The average Bonchev–Trinajstić information content (AvgIpc) is 3.33. The molecule has 2 fully saturated rings. The Morgan fingerprint density at radius 2 is 2.08 bits per heavy atom. The van der Waals surface area contributed by atoms with E-state index in [1.54, 1.807) is 23.1 Å². The van der Waals surface area contributed by atoms with Gasteiger partial charge in [-0.3, -0.25) is 4.79 Å². The summed E-state index contributed by atoms with van der Waals surface area (Å²) < 4.78 is 39.0. The molecule has 132 valence electrons. The van der Waals surface area contributed by atoms with Crippen molar-refractivity contribution in [3.05, 3.63) is 35.6 Å². The summed E-state index contributed by atoms with van der Waals surface area (Å²) in [7, 11) is -3.27. The Labute approximate surface area is 142 Å². The number of benzene rings is 1. The van der Waals surface area contributed by atoms with Crippen molar-refractivity contribution >= 4 is 15.9 Å². The van der Waals surface area contributed by atoms with E-state index in [-0.39, 0.29) is 36.1 Å². The summed E-state index contributed by atoms with van der Waals surface area (Å²) in [4.78, 5) is 14.6. The highest BCUT2D eigenvalue weighted by molar-refractivity contribution is 7.88. The lowest BCUT2D eigenvalue weighted by Crippen LogP contribution is -2.49. The average molecular weight is 354 g/mol. The monoisotopic (exact) mass is 354 g/mol. The Kier molecular flexibility index (Phi) is 4.92. The number of halogens is 1. The largest absolute Gasteiger partial charge is 0.338 e. The van der Waals surface area contributed by atoms with E-state index in [2.05, 4.69) is 4.72 Å². The highest BCUT2D eigenvalue weighted by Gasteiger charge is 2.48. The molecular weight excluding hydrogens is 331 g/mol. The van der Waals surface area contributed by atoms with Gasteiger partial charge >= 0.3 is 0 Å². The number of nitrogens with zero attached hydrogens (tertiary/aromatic N) is 1. The van der Waals surface area contributed by atoms with Crippen LogP contribution in [0.5, 0.6) is 0 Å². The Bertz CT molecular complexity index is 722. The third-order valence-corrected chi connectivity index (χ3v) is 5.59. The Morgan fingerprint density at radius 3 is 2.79 bits per heavy atom. The third-order valence-electron chi connectivity index (χ3n) is 4.90. The van der Waals surface area contributed by atoms with Crippen LogP contribution in [0.3, 0.4) is 0 Å². The van der Waals surface area contributed by atoms with E-state index < -0.39 is 10.0 Å². The minimum Gasteiger partial charge on any atom is -0.338 e. The predicted molar refractivity (Wildman–Crippen MR) is 89.4 cm³/mol. The van der Waals surface area contributed by atoms with E-state index in [0.29, 0.717) is 18.5 Å². The van der Waals surface area contributed by atoms with Crippen molar-refractivity contribution in [2.75, 3.05) is 19.3 Å². The molecule has 24 heavy (non-hydrogen) atoms. The van der Waals surface area contributed by atoms with Gasteiger partial charge in [0.15, 0.2) is 0 Å². The highest BCUT2D eigenvalue weighted by Crippen LogP contribution is 2.49. The number of carbonyl (C=O) groups is 1. The fourth-order valence-electron chi connectivity index (χ4n) is 3.55. The number of rotatable bonds is 5. The van der Waals surface area contributed by atoms with Crippen LogP contribution in [-0.4, -0.2) is 44.6 Å². The molecule has 1 N–H and O–H groups in total. The minimum absolute atomic E-state index is 0.0308. The zero-order valence-electron chi connectivity index (χ0n) is 13.7. The van der Waals surface area contributed by atoms with Gasteiger partial charge in [-0.05, 0) is 43.2 Å². The molecule has 1 aromatic carbocycles. The van der Waals surface area contributed by atoms with E-state index in [9.17, 15) is 17.6 Å². The first-order chi connectivity index (χ1) is 11.4. The maximum atomic E-state index is 13.9. The van der Waals surface area contributed by atoms with Crippen molar-refractivity contribution in [3.63, 3.8) is 0 Å². The second-order valence-electron chi connectivity index (χ2n) is 6.77. The number of piperidine rings is 1. The molecule has 1 aliphatic heterocycles. The first kappa shape index (κ1) is 17.4. The van der Waals surface area contributed by atoms with Gasteiger partial charge in [0.05, 0.1) is 6.26 Å². The molecule has 3 rings (SSSR count). The van der Waals surface area contributed by atoms with Gasteiger partial charge in [0.1, 0.15) is 5.82 Å². The summed E-state index contributed by atoms with van der Waals surface area (Å²) in [5.41, 5.74) is 0.610. The summed E-state index contributed by atoms with van der Waals surface area (Å²) in [5.74, 6) is -0.458. The zero-order chi connectivity index (χ0) is 17.3. The predicted octanol–water partition coefficient (Wildman–Crippen LogP) is 1.86. The van der Waals surface area contributed by atoms with E-state index >= 15 is 0 Å². The fourth-order valence-corrected chi connectivity index (χ4v) is 4.05. The van der Waals surface area contributed by atoms with Crippen molar-refractivity contribution in [3.8, 4) is 0 Å². The van der Waals surface area contributed by atoms with E-state index in [1.807, 2.05) is 0 Å². The van der Waals surface area contributed by atoms with Crippen LogP contribution in [0.15, 0.2) is 24.3 Å². The third kappa shape index (κ3) is 3.95. The second-order valence-corrected chi connectivity index (χ2v) is 8.61. The Hall–Kier alpha value is -1.47. The van der Waals surface area contributed by atoms with Crippen LogP contribution < -0.4 is 4.72 Å². The molecule has 3 atom stereocenters.